The highest BCUT2D eigenvalue weighted by atomic mass is 32.2. The molecule has 1 saturated heterocycles. The quantitative estimate of drug-likeness (QED) is 0.459. The van der Waals surface area contributed by atoms with Crippen molar-refractivity contribution in [2.24, 2.45) is 5.73 Å². The zero-order valence-corrected chi connectivity index (χ0v) is 5.11. The average molecular weight is 134 g/mol. The second-order valence-electron chi connectivity index (χ2n) is 1.97. The van der Waals surface area contributed by atoms with Crippen LogP contribution in [0.1, 0.15) is 0 Å². The second kappa shape index (κ2) is 1.88. The maximum Gasteiger partial charge on any atom is 0.240 e. The van der Waals surface area contributed by atoms with Crippen molar-refractivity contribution in [1.82, 2.24) is 0 Å². The molecule has 4 heteroatoms. The highest BCUT2D eigenvalue weighted by molar-refractivity contribution is 8.00. The molecule has 0 aromatic rings. The molecule has 1 rings (SSSR count). The predicted molar refractivity (Wildman–Crippen MR) is 31.4 cm³/mol. The van der Waals surface area contributed by atoms with Crippen molar-refractivity contribution in [3.8, 4) is 0 Å². The maximum absolute atomic E-state index is 8.47. The van der Waals surface area contributed by atoms with Crippen LogP contribution >= 0.6 is 11.8 Å². The first-order valence-corrected chi connectivity index (χ1v) is 3.43. The molecular formula is C4H8NO2S. The summed E-state index contributed by atoms with van der Waals surface area (Å²) in [4.78, 5) is 0. The van der Waals surface area contributed by atoms with Gasteiger partial charge in [-0.05, 0) is 0 Å². The highest BCUT2D eigenvalue weighted by Crippen LogP contribution is 2.31. The molecule has 1 heterocycles. The van der Waals surface area contributed by atoms with Gasteiger partial charge in [-0.1, -0.05) is 0 Å². The first-order valence-electron chi connectivity index (χ1n) is 2.27. The van der Waals surface area contributed by atoms with Crippen LogP contribution in [0.4, 0.5) is 0 Å². The molecule has 0 amide bonds. The second-order valence-corrected chi connectivity index (χ2v) is 2.96. The van der Waals surface area contributed by atoms with Crippen molar-refractivity contribution >= 4 is 11.8 Å². The summed E-state index contributed by atoms with van der Waals surface area (Å²) >= 11 is 1.61. The van der Waals surface area contributed by atoms with Gasteiger partial charge in [-0.3, -0.25) is 0 Å². The Morgan fingerprint density at radius 2 is 2.00 bits per heavy atom. The molecule has 0 aliphatic carbocycles. The minimum absolute atomic E-state index is 0.620. The van der Waals surface area contributed by atoms with Gasteiger partial charge in [0.05, 0.1) is 5.54 Å². The smallest absolute Gasteiger partial charge is 0.240 e. The standard InChI is InChI=1S/C4H8NO2S/c5-4(3(6)7)1-8-2-4/h6-7H,1-2,5H2. The summed E-state index contributed by atoms with van der Waals surface area (Å²) in [5.41, 5.74) is 4.60. The van der Waals surface area contributed by atoms with E-state index in [-0.39, 0.29) is 0 Å². The van der Waals surface area contributed by atoms with Crippen LogP contribution < -0.4 is 5.73 Å². The topological polar surface area (TPSA) is 66.5 Å². The van der Waals surface area contributed by atoms with Gasteiger partial charge in [0.1, 0.15) is 0 Å². The van der Waals surface area contributed by atoms with E-state index in [1.54, 1.807) is 11.8 Å². The van der Waals surface area contributed by atoms with Crippen molar-refractivity contribution in [2.75, 3.05) is 11.5 Å². The Morgan fingerprint density at radius 1 is 1.50 bits per heavy atom. The van der Waals surface area contributed by atoms with Gasteiger partial charge < -0.3 is 15.9 Å². The molecule has 1 aliphatic heterocycles. The number of aliphatic hydroxyl groups is 2. The summed E-state index contributed by atoms with van der Waals surface area (Å²) in [6, 6.07) is 0. The molecule has 0 spiro atoms. The van der Waals surface area contributed by atoms with Crippen LogP contribution in [0.2, 0.25) is 0 Å². The van der Waals surface area contributed by atoms with Gasteiger partial charge in [0.25, 0.3) is 0 Å². The monoisotopic (exact) mass is 134 g/mol. The van der Waals surface area contributed by atoms with E-state index in [1.807, 2.05) is 0 Å². The van der Waals surface area contributed by atoms with Crippen LogP contribution in [0.3, 0.4) is 0 Å². The molecule has 47 valence electrons. The number of aliphatic hydroxyl groups excluding tert-OH is 1. The fourth-order valence-electron chi connectivity index (χ4n) is 0.451. The van der Waals surface area contributed by atoms with Gasteiger partial charge in [0.15, 0.2) is 0 Å². The molecule has 4 N–H and O–H groups in total. The Hall–Kier alpha value is 0.230. The number of rotatable bonds is 1. The Morgan fingerprint density at radius 3 is 2.00 bits per heavy atom. The molecule has 0 unspecified atom stereocenters. The first kappa shape index (κ1) is 6.35. The van der Waals surface area contributed by atoms with E-state index in [1.165, 1.54) is 0 Å². The zero-order chi connectivity index (χ0) is 6.20. The number of hydrogen-bond donors (Lipinski definition) is 3. The SMILES string of the molecule is NC1([C](O)O)CSC1. The van der Waals surface area contributed by atoms with E-state index in [0.29, 0.717) is 11.5 Å². The molecule has 0 saturated carbocycles. The molecular weight excluding hydrogens is 126 g/mol. The summed E-state index contributed by atoms with van der Waals surface area (Å²) in [5.74, 6) is 1.24. The largest absolute Gasteiger partial charge is 0.360 e. The lowest BCUT2D eigenvalue weighted by atomic mass is 10.1. The fraction of sp³-hybridized carbons (Fsp3) is 0.750. The van der Waals surface area contributed by atoms with Crippen LogP contribution in [0.15, 0.2) is 0 Å². The molecule has 0 atom stereocenters. The molecule has 1 fully saturated rings. The van der Waals surface area contributed by atoms with Crippen molar-refractivity contribution in [2.45, 2.75) is 5.54 Å². The van der Waals surface area contributed by atoms with Crippen molar-refractivity contribution in [3.63, 3.8) is 0 Å². The van der Waals surface area contributed by atoms with Crippen LogP contribution in [-0.2, 0) is 0 Å². The van der Waals surface area contributed by atoms with Crippen LogP contribution in [0.5, 0.6) is 0 Å². The fourth-order valence-corrected chi connectivity index (χ4v) is 1.35. The Bertz CT molecular complexity index is 92.0. The molecule has 8 heavy (non-hydrogen) atoms. The first-order chi connectivity index (χ1) is 3.65. The van der Waals surface area contributed by atoms with Crippen molar-refractivity contribution in [1.29, 1.82) is 0 Å². The number of thioether (sulfide) groups is 1. The highest BCUT2D eigenvalue weighted by Gasteiger charge is 2.41. The van der Waals surface area contributed by atoms with Crippen molar-refractivity contribution < 1.29 is 10.2 Å². The maximum atomic E-state index is 8.47. The Kier molecular flexibility index (Phi) is 1.49. The van der Waals surface area contributed by atoms with E-state index < -0.39 is 11.8 Å². The third-order valence-corrected chi connectivity index (χ3v) is 2.60. The zero-order valence-electron chi connectivity index (χ0n) is 4.29. The molecule has 0 bridgehead atoms. The molecule has 3 nitrogen and oxygen atoms in total. The minimum atomic E-state index is -0.787. The average Bonchev–Trinajstić information content (AvgIpc) is 1.60. The Labute approximate surface area is 51.9 Å². The third kappa shape index (κ3) is 0.842. The van der Waals surface area contributed by atoms with E-state index in [9.17, 15) is 0 Å². The molecule has 1 aliphatic rings. The van der Waals surface area contributed by atoms with Crippen molar-refractivity contribution in [3.05, 3.63) is 6.29 Å². The summed E-state index contributed by atoms with van der Waals surface area (Å²) < 4.78 is 0. The van der Waals surface area contributed by atoms with Crippen LogP contribution in [0, 0.1) is 6.29 Å². The molecule has 1 radical (unpaired) electrons. The van der Waals surface area contributed by atoms with Gasteiger partial charge in [-0.2, -0.15) is 11.8 Å². The Balaban J connectivity index is 2.41. The van der Waals surface area contributed by atoms with Gasteiger partial charge in [0, 0.05) is 11.5 Å². The van der Waals surface area contributed by atoms with E-state index in [0.717, 1.165) is 0 Å². The lowest BCUT2D eigenvalue weighted by molar-refractivity contribution is 0.0307. The van der Waals surface area contributed by atoms with Crippen LogP contribution in [-0.4, -0.2) is 27.3 Å². The van der Waals surface area contributed by atoms with E-state index >= 15 is 0 Å². The van der Waals surface area contributed by atoms with Gasteiger partial charge in [0.2, 0.25) is 6.29 Å². The minimum Gasteiger partial charge on any atom is -0.360 e. The third-order valence-electron chi connectivity index (χ3n) is 1.16. The summed E-state index contributed by atoms with van der Waals surface area (Å²) in [6.45, 7) is 0. The predicted octanol–water partition coefficient (Wildman–Crippen LogP) is -0.335. The number of hydrogen-bond acceptors (Lipinski definition) is 4. The van der Waals surface area contributed by atoms with E-state index in [4.69, 9.17) is 15.9 Å². The lowest BCUT2D eigenvalue weighted by Crippen LogP contribution is -2.56. The van der Waals surface area contributed by atoms with Gasteiger partial charge in [-0.15, -0.1) is 0 Å². The van der Waals surface area contributed by atoms with Gasteiger partial charge >= 0.3 is 0 Å². The summed E-state index contributed by atoms with van der Waals surface area (Å²) in [5, 5.41) is 16.9. The van der Waals surface area contributed by atoms with Gasteiger partial charge in [-0.25, -0.2) is 0 Å². The molecule has 0 aromatic heterocycles. The lowest BCUT2D eigenvalue weighted by Gasteiger charge is -2.37. The van der Waals surface area contributed by atoms with Crippen LogP contribution in [0.25, 0.3) is 0 Å². The molecule has 0 aromatic carbocycles. The normalized spacial score (nSPS) is 25.5. The summed E-state index contributed by atoms with van der Waals surface area (Å²) in [7, 11) is 0. The number of nitrogens with two attached hydrogens (primary N) is 1. The summed E-state index contributed by atoms with van der Waals surface area (Å²) in [6.07, 6.45) is -0.628. The van der Waals surface area contributed by atoms with E-state index in [2.05, 4.69) is 0 Å².